The maximum Gasteiger partial charge on any atom is 0.390 e. The van der Waals surface area contributed by atoms with Crippen LogP contribution in [0, 0.1) is 23.7 Å². The maximum atomic E-state index is 12.4. The van der Waals surface area contributed by atoms with E-state index in [1.807, 2.05) is 0 Å². The Bertz CT molecular complexity index is 444. The Hall–Kier alpha value is -1.02. The Kier molecular flexibility index (Phi) is 4.48. The highest BCUT2D eigenvalue weighted by Gasteiger charge is 2.65. The number of hydrogen-bond acceptors (Lipinski definition) is 3. The summed E-state index contributed by atoms with van der Waals surface area (Å²) in [5.74, 6) is 2.29. The second kappa shape index (κ2) is 6.12. The molecule has 0 aromatic carbocycles. The van der Waals surface area contributed by atoms with Crippen molar-refractivity contribution in [1.82, 2.24) is 10.2 Å². The van der Waals surface area contributed by atoms with Crippen molar-refractivity contribution < 1.29 is 28.2 Å². The monoisotopic (exact) mass is 336 g/mol. The van der Waals surface area contributed by atoms with Gasteiger partial charge in [0.2, 0.25) is 0 Å². The van der Waals surface area contributed by atoms with Gasteiger partial charge in [0.1, 0.15) is 0 Å². The molecule has 0 aromatic heterocycles. The molecular weight excluding hydrogens is 313 g/mol. The van der Waals surface area contributed by atoms with E-state index < -0.39 is 37.9 Å². The van der Waals surface area contributed by atoms with Crippen LogP contribution in [0.4, 0.5) is 18.0 Å². The first-order chi connectivity index (χ1) is 10.8. The van der Waals surface area contributed by atoms with Crippen molar-refractivity contribution in [3.63, 3.8) is 0 Å². The summed E-state index contributed by atoms with van der Waals surface area (Å²) in [6, 6.07) is -0.492. The number of urea groups is 1. The largest absolute Gasteiger partial charge is 0.394 e. The van der Waals surface area contributed by atoms with E-state index in [0.717, 1.165) is 4.90 Å². The van der Waals surface area contributed by atoms with Crippen molar-refractivity contribution in [2.45, 2.75) is 44.0 Å². The molecule has 3 N–H and O–H groups in total. The summed E-state index contributed by atoms with van der Waals surface area (Å²) < 4.78 is 37.2. The molecule has 3 rings (SSSR count). The minimum Gasteiger partial charge on any atom is -0.394 e. The van der Waals surface area contributed by atoms with Gasteiger partial charge in [0.15, 0.2) is 0 Å². The topological polar surface area (TPSA) is 72.8 Å². The maximum absolute atomic E-state index is 12.4. The number of nitrogens with one attached hydrogen (secondary N) is 1. The number of halogens is 3. The molecule has 5 nitrogen and oxygen atoms in total. The predicted molar refractivity (Wildman–Crippen MR) is 75.5 cm³/mol. The number of hydrogen-bond donors (Lipinski definition) is 3. The average Bonchev–Trinajstić information content (AvgIpc) is 2.87. The van der Waals surface area contributed by atoms with E-state index in [-0.39, 0.29) is 12.6 Å². The van der Waals surface area contributed by atoms with Gasteiger partial charge in [0.05, 0.1) is 25.7 Å². The minimum atomic E-state index is -4.36. The zero-order valence-corrected chi connectivity index (χ0v) is 12.8. The summed E-state index contributed by atoms with van der Waals surface area (Å²) in [6.07, 6.45) is -3.11. The number of alkyl halides is 3. The molecule has 4 unspecified atom stereocenters. The summed E-state index contributed by atoms with van der Waals surface area (Å²) in [5.41, 5.74) is 0. The molecule has 2 bridgehead atoms. The van der Waals surface area contributed by atoms with Crippen LogP contribution in [0.2, 0.25) is 0 Å². The molecule has 2 amide bonds. The molecule has 132 valence electrons. The van der Waals surface area contributed by atoms with E-state index in [1.165, 1.54) is 19.3 Å². The van der Waals surface area contributed by atoms with E-state index in [2.05, 4.69) is 5.32 Å². The Morgan fingerprint density at radius 3 is 2.39 bits per heavy atom. The van der Waals surface area contributed by atoms with Gasteiger partial charge in [-0.3, -0.25) is 0 Å². The molecule has 23 heavy (non-hydrogen) atoms. The van der Waals surface area contributed by atoms with E-state index in [4.69, 9.17) is 5.11 Å². The van der Waals surface area contributed by atoms with Gasteiger partial charge in [-0.05, 0) is 42.9 Å². The smallest absolute Gasteiger partial charge is 0.390 e. The first-order valence-electron chi connectivity index (χ1n) is 8.21. The Morgan fingerprint density at radius 1 is 1.26 bits per heavy atom. The van der Waals surface area contributed by atoms with Crippen LogP contribution >= 0.6 is 0 Å². The molecule has 3 aliphatic rings. The number of aliphatic hydroxyl groups excluding tert-OH is 2. The molecule has 0 radical (unpaired) electrons. The van der Waals surface area contributed by atoms with E-state index in [9.17, 15) is 23.1 Å². The van der Waals surface area contributed by atoms with Crippen molar-refractivity contribution >= 4 is 6.03 Å². The van der Waals surface area contributed by atoms with Crippen LogP contribution < -0.4 is 5.32 Å². The van der Waals surface area contributed by atoms with Crippen LogP contribution in [0.1, 0.15) is 25.7 Å². The lowest BCUT2D eigenvalue weighted by Gasteiger charge is -2.26. The number of carbonyl (C=O) groups is 1. The summed E-state index contributed by atoms with van der Waals surface area (Å²) in [4.78, 5) is 13.2. The molecule has 3 aliphatic carbocycles. The second-order valence-electron chi connectivity index (χ2n) is 7.11. The Labute approximate surface area is 132 Å². The van der Waals surface area contributed by atoms with E-state index in [1.54, 1.807) is 0 Å². The summed E-state index contributed by atoms with van der Waals surface area (Å²) in [5, 5.41) is 21.2. The predicted octanol–water partition coefficient (Wildman–Crippen LogP) is 1.35. The molecule has 5 atom stereocenters. The normalized spacial score (nSPS) is 35.8. The van der Waals surface area contributed by atoms with Crippen molar-refractivity contribution in [3.8, 4) is 0 Å². The van der Waals surface area contributed by atoms with Crippen LogP contribution in [-0.4, -0.2) is 59.2 Å². The average molecular weight is 336 g/mol. The number of nitrogens with zero attached hydrogens (tertiary/aromatic N) is 1. The van der Waals surface area contributed by atoms with Gasteiger partial charge in [0.25, 0.3) is 0 Å². The zero-order valence-electron chi connectivity index (χ0n) is 12.8. The molecule has 0 aromatic rings. The summed E-state index contributed by atoms with van der Waals surface area (Å²) >= 11 is 0. The van der Waals surface area contributed by atoms with E-state index in [0.29, 0.717) is 23.7 Å². The van der Waals surface area contributed by atoms with Gasteiger partial charge < -0.3 is 20.4 Å². The number of amides is 2. The Balaban J connectivity index is 1.54. The lowest BCUT2D eigenvalue weighted by Crippen LogP contribution is -2.47. The first-order valence-corrected chi connectivity index (χ1v) is 8.21. The fourth-order valence-corrected chi connectivity index (χ4v) is 4.60. The van der Waals surface area contributed by atoms with Gasteiger partial charge in [-0.15, -0.1) is 0 Å². The van der Waals surface area contributed by atoms with Crippen LogP contribution in [0.25, 0.3) is 0 Å². The van der Waals surface area contributed by atoms with Crippen LogP contribution in [0.3, 0.4) is 0 Å². The van der Waals surface area contributed by atoms with Crippen molar-refractivity contribution in [1.29, 1.82) is 0 Å². The van der Waals surface area contributed by atoms with Gasteiger partial charge in [-0.2, -0.15) is 13.2 Å². The molecule has 0 aliphatic heterocycles. The van der Waals surface area contributed by atoms with Crippen LogP contribution in [-0.2, 0) is 0 Å². The quantitative estimate of drug-likeness (QED) is 0.686. The standard InChI is InChI=1S/C15H23F3N2O3/c16-15(17,18)3-4-20(6-10(22)7-21)14(23)19-13-11-8-1-2-9(5-8)12(11)13/h8-13,21-22H,1-7H2,(H,19,23)/t8?,9?,10-,11?,12?,13?/m0/s1. The highest BCUT2D eigenvalue weighted by atomic mass is 19.4. The van der Waals surface area contributed by atoms with E-state index >= 15 is 0 Å². The second-order valence-corrected chi connectivity index (χ2v) is 7.11. The molecule has 3 fully saturated rings. The minimum absolute atomic E-state index is 0.0772. The highest BCUT2D eigenvalue weighted by Crippen LogP contribution is 2.65. The van der Waals surface area contributed by atoms with Crippen LogP contribution in [0.5, 0.6) is 0 Å². The molecular formula is C15H23F3N2O3. The zero-order chi connectivity index (χ0) is 16.8. The fourth-order valence-electron chi connectivity index (χ4n) is 4.60. The summed E-state index contributed by atoms with van der Waals surface area (Å²) in [7, 11) is 0. The summed E-state index contributed by atoms with van der Waals surface area (Å²) in [6.45, 7) is -1.40. The van der Waals surface area contributed by atoms with Gasteiger partial charge in [0, 0.05) is 12.6 Å². The molecule has 0 spiro atoms. The lowest BCUT2D eigenvalue weighted by molar-refractivity contribution is -0.137. The van der Waals surface area contributed by atoms with Gasteiger partial charge in [-0.1, -0.05) is 0 Å². The van der Waals surface area contributed by atoms with Gasteiger partial charge >= 0.3 is 12.2 Å². The SMILES string of the molecule is O=C(NC1C2C3CCC(C3)C12)N(CCC(F)(F)F)C[C@H](O)CO. The number of fused-ring (bicyclic) bond motifs is 5. The van der Waals surface area contributed by atoms with Crippen LogP contribution in [0.15, 0.2) is 0 Å². The van der Waals surface area contributed by atoms with Crippen molar-refractivity contribution in [2.75, 3.05) is 19.7 Å². The first kappa shape index (κ1) is 16.8. The Morgan fingerprint density at radius 2 is 1.87 bits per heavy atom. The van der Waals surface area contributed by atoms with Gasteiger partial charge in [-0.25, -0.2) is 4.79 Å². The number of carbonyl (C=O) groups excluding carboxylic acids is 1. The number of aliphatic hydroxyl groups is 2. The van der Waals surface area contributed by atoms with Crippen molar-refractivity contribution in [2.24, 2.45) is 23.7 Å². The van der Waals surface area contributed by atoms with Crippen molar-refractivity contribution in [3.05, 3.63) is 0 Å². The number of rotatable bonds is 6. The molecule has 0 saturated heterocycles. The third-order valence-electron chi connectivity index (χ3n) is 5.62. The lowest BCUT2D eigenvalue weighted by atomic mass is 10.0. The molecule has 3 saturated carbocycles. The molecule has 0 heterocycles. The highest BCUT2D eigenvalue weighted by molar-refractivity contribution is 5.75. The molecule has 8 heteroatoms. The third-order valence-corrected chi connectivity index (χ3v) is 5.62. The fraction of sp³-hybridized carbons (Fsp3) is 0.933. The third kappa shape index (κ3) is 3.57.